The number of rotatable bonds is 10. The molecule has 0 aromatic carbocycles. The highest BCUT2D eigenvalue weighted by Crippen LogP contribution is 2.40. The normalized spacial score (nSPS) is 12.8. The molecule has 0 amide bonds. The maximum atomic E-state index is 10.8. The van der Waals surface area contributed by atoms with E-state index >= 15 is 0 Å². The van der Waals surface area contributed by atoms with Crippen LogP contribution in [0.1, 0.15) is 65.2 Å². The monoisotopic (exact) mass is 264 g/mol. The molecule has 0 radical (unpaired) electrons. The lowest BCUT2D eigenvalue weighted by Gasteiger charge is -2.11. The fourth-order valence-electron chi connectivity index (χ4n) is 1.54. The second kappa shape index (κ2) is 9.69. The summed E-state index contributed by atoms with van der Waals surface area (Å²) in [5.74, 6) is 0.447. The fourth-order valence-corrected chi connectivity index (χ4v) is 2.02. The minimum atomic E-state index is -4.39. The van der Waals surface area contributed by atoms with Gasteiger partial charge in [0.05, 0.1) is 0 Å². The lowest BCUT2D eigenvalue weighted by atomic mass is 10.1. The Morgan fingerprint density at radius 3 is 2.24 bits per heavy atom. The van der Waals surface area contributed by atoms with Crippen LogP contribution < -0.4 is 0 Å². The molecular formula is C12H25O4P. The van der Waals surface area contributed by atoms with E-state index < -0.39 is 7.82 Å². The summed E-state index contributed by atoms with van der Waals surface area (Å²) >= 11 is 0. The van der Waals surface area contributed by atoms with Gasteiger partial charge in [-0.1, -0.05) is 39.5 Å². The molecule has 2 N–H and O–H groups in total. The van der Waals surface area contributed by atoms with Crippen LogP contribution in [-0.2, 0) is 9.09 Å². The Labute approximate surface area is 104 Å². The van der Waals surface area contributed by atoms with Crippen molar-refractivity contribution in [1.82, 2.24) is 0 Å². The number of hydrogen-bond donors (Lipinski definition) is 2. The van der Waals surface area contributed by atoms with Crippen molar-refractivity contribution in [3.05, 3.63) is 11.8 Å². The van der Waals surface area contributed by atoms with Gasteiger partial charge >= 0.3 is 7.82 Å². The third-order valence-corrected chi connectivity index (χ3v) is 2.91. The fraction of sp³-hybridized carbons (Fsp3) is 0.833. The maximum Gasteiger partial charge on any atom is 0.524 e. The van der Waals surface area contributed by atoms with Gasteiger partial charge in [-0.3, -0.25) is 9.79 Å². The molecule has 0 spiro atoms. The van der Waals surface area contributed by atoms with Crippen LogP contribution in [0, 0.1) is 0 Å². The molecule has 0 aliphatic carbocycles. The topological polar surface area (TPSA) is 66.8 Å². The molecule has 0 aromatic heterocycles. The Balaban J connectivity index is 4.13. The number of hydrogen-bond acceptors (Lipinski definition) is 2. The average Bonchev–Trinajstić information content (AvgIpc) is 2.22. The number of phosphoric ester groups is 1. The lowest BCUT2D eigenvalue weighted by Crippen LogP contribution is -1.92. The molecule has 0 unspecified atom stereocenters. The second-order valence-electron chi connectivity index (χ2n) is 4.21. The van der Waals surface area contributed by atoms with E-state index in [9.17, 15) is 4.57 Å². The van der Waals surface area contributed by atoms with Gasteiger partial charge in [0.1, 0.15) is 5.76 Å². The molecule has 5 heteroatoms. The SMILES string of the molecule is CCCCCC=C(CCCCC)OP(=O)(O)O. The summed E-state index contributed by atoms with van der Waals surface area (Å²) in [6.45, 7) is 4.21. The summed E-state index contributed by atoms with van der Waals surface area (Å²) in [4.78, 5) is 17.6. The van der Waals surface area contributed by atoms with Gasteiger partial charge in [0.2, 0.25) is 0 Å². The zero-order valence-electron chi connectivity index (χ0n) is 10.9. The Hall–Kier alpha value is -0.310. The van der Waals surface area contributed by atoms with Crippen LogP contribution in [0.5, 0.6) is 0 Å². The summed E-state index contributed by atoms with van der Waals surface area (Å²) in [6.07, 6.45) is 9.63. The minimum Gasteiger partial charge on any atom is -0.409 e. The van der Waals surface area contributed by atoms with Crippen molar-refractivity contribution >= 4 is 7.82 Å². The first-order valence-electron chi connectivity index (χ1n) is 6.43. The quantitative estimate of drug-likeness (QED) is 0.353. The van der Waals surface area contributed by atoms with Crippen LogP contribution in [0.3, 0.4) is 0 Å². The van der Waals surface area contributed by atoms with E-state index in [1.807, 2.05) is 6.08 Å². The Kier molecular flexibility index (Phi) is 9.52. The van der Waals surface area contributed by atoms with Crippen molar-refractivity contribution in [3.63, 3.8) is 0 Å². The molecule has 4 nitrogen and oxygen atoms in total. The Bertz CT molecular complexity index is 257. The van der Waals surface area contributed by atoms with E-state index in [-0.39, 0.29) is 0 Å². The van der Waals surface area contributed by atoms with Crippen molar-refractivity contribution in [1.29, 1.82) is 0 Å². The highest BCUT2D eigenvalue weighted by atomic mass is 31.2. The Morgan fingerprint density at radius 2 is 1.71 bits per heavy atom. The second-order valence-corrected chi connectivity index (χ2v) is 5.37. The van der Waals surface area contributed by atoms with Crippen molar-refractivity contribution in [2.24, 2.45) is 0 Å². The van der Waals surface area contributed by atoms with Crippen LogP contribution in [0.4, 0.5) is 0 Å². The van der Waals surface area contributed by atoms with Crippen molar-refractivity contribution < 1.29 is 18.9 Å². The molecule has 0 bridgehead atoms. The first-order valence-corrected chi connectivity index (χ1v) is 7.96. The van der Waals surface area contributed by atoms with Gasteiger partial charge < -0.3 is 4.52 Å². The smallest absolute Gasteiger partial charge is 0.409 e. The van der Waals surface area contributed by atoms with Gasteiger partial charge in [0.15, 0.2) is 0 Å². The van der Waals surface area contributed by atoms with E-state index in [4.69, 9.17) is 14.3 Å². The standard InChI is InChI=1S/C12H25O4P/c1-3-5-7-9-11-12(10-8-6-4-2)16-17(13,14)15/h11H,3-10H2,1-2H3,(H2,13,14,15). The van der Waals surface area contributed by atoms with Gasteiger partial charge in [-0.25, -0.2) is 4.57 Å². The van der Waals surface area contributed by atoms with E-state index in [0.717, 1.165) is 44.9 Å². The van der Waals surface area contributed by atoms with Crippen LogP contribution in [0.2, 0.25) is 0 Å². The molecule has 0 saturated carbocycles. The van der Waals surface area contributed by atoms with Crippen molar-refractivity contribution in [2.45, 2.75) is 65.2 Å². The lowest BCUT2D eigenvalue weighted by molar-refractivity contribution is 0.234. The summed E-state index contributed by atoms with van der Waals surface area (Å²) in [5.41, 5.74) is 0. The Morgan fingerprint density at radius 1 is 1.12 bits per heavy atom. The van der Waals surface area contributed by atoms with Gasteiger partial charge in [0, 0.05) is 6.42 Å². The van der Waals surface area contributed by atoms with E-state index in [2.05, 4.69) is 13.8 Å². The molecule has 0 atom stereocenters. The van der Waals surface area contributed by atoms with Crippen LogP contribution >= 0.6 is 7.82 Å². The zero-order valence-corrected chi connectivity index (χ0v) is 11.8. The van der Waals surface area contributed by atoms with Crippen LogP contribution in [0.15, 0.2) is 11.8 Å². The number of allylic oxidation sites excluding steroid dienone is 2. The third kappa shape index (κ3) is 11.9. The number of phosphoric acid groups is 1. The predicted molar refractivity (Wildman–Crippen MR) is 69.5 cm³/mol. The molecule has 0 aliphatic rings. The molecule has 0 aromatic rings. The summed E-state index contributed by atoms with van der Waals surface area (Å²) in [7, 11) is -4.39. The molecular weight excluding hydrogens is 239 g/mol. The average molecular weight is 264 g/mol. The minimum absolute atomic E-state index is 0.447. The largest absolute Gasteiger partial charge is 0.524 e. The highest BCUT2D eigenvalue weighted by Gasteiger charge is 2.17. The van der Waals surface area contributed by atoms with E-state index in [1.165, 1.54) is 0 Å². The molecule has 0 rings (SSSR count). The van der Waals surface area contributed by atoms with E-state index in [1.54, 1.807) is 0 Å². The molecule has 0 fully saturated rings. The first-order chi connectivity index (χ1) is 7.99. The molecule has 0 saturated heterocycles. The maximum absolute atomic E-state index is 10.8. The van der Waals surface area contributed by atoms with Gasteiger partial charge in [-0.2, -0.15) is 0 Å². The summed E-state index contributed by atoms with van der Waals surface area (Å²) < 4.78 is 15.5. The number of unbranched alkanes of at least 4 members (excludes halogenated alkanes) is 5. The molecule has 102 valence electrons. The van der Waals surface area contributed by atoms with E-state index in [0.29, 0.717) is 12.2 Å². The van der Waals surface area contributed by atoms with Crippen LogP contribution in [0.25, 0.3) is 0 Å². The summed E-state index contributed by atoms with van der Waals surface area (Å²) in [6, 6.07) is 0. The zero-order chi connectivity index (χ0) is 13.1. The molecule has 17 heavy (non-hydrogen) atoms. The van der Waals surface area contributed by atoms with Gasteiger partial charge in [-0.05, 0) is 25.3 Å². The van der Waals surface area contributed by atoms with Gasteiger partial charge in [0.25, 0.3) is 0 Å². The molecule has 0 heterocycles. The van der Waals surface area contributed by atoms with Crippen molar-refractivity contribution in [2.75, 3.05) is 0 Å². The van der Waals surface area contributed by atoms with Gasteiger partial charge in [-0.15, -0.1) is 0 Å². The summed E-state index contributed by atoms with van der Waals surface area (Å²) in [5, 5.41) is 0. The van der Waals surface area contributed by atoms with Crippen molar-refractivity contribution in [3.8, 4) is 0 Å². The predicted octanol–water partition coefficient (Wildman–Crippen LogP) is 4.14. The molecule has 0 aliphatic heterocycles. The first kappa shape index (κ1) is 16.7. The van der Waals surface area contributed by atoms with Crippen LogP contribution in [-0.4, -0.2) is 9.79 Å². The third-order valence-electron chi connectivity index (χ3n) is 2.44. The highest BCUT2D eigenvalue weighted by molar-refractivity contribution is 7.46.